The molecule has 0 bridgehead atoms. The van der Waals surface area contributed by atoms with E-state index in [-0.39, 0.29) is 0 Å². The molecule has 1 aromatic heterocycles. The van der Waals surface area contributed by atoms with E-state index in [9.17, 15) is 0 Å². The van der Waals surface area contributed by atoms with Gasteiger partial charge < -0.3 is 10.6 Å². The molecular formula is C11H19N3S2. The van der Waals surface area contributed by atoms with E-state index in [1.807, 2.05) is 0 Å². The summed E-state index contributed by atoms with van der Waals surface area (Å²) in [5, 5.41) is 1.29. The Balaban J connectivity index is 2.16. The standard InChI is InChI=1S/C11H19N3S2/c1-3-4-7-14(8-5-6-8)11-9(15-2)10(12)13-16-11/h8H,3-7H2,1-2H3,(H2,12,13). The highest BCUT2D eigenvalue weighted by Crippen LogP contribution is 2.42. The van der Waals surface area contributed by atoms with Gasteiger partial charge in [0, 0.05) is 12.6 Å². The smallest absolute Gasteiger partial charge is 0.153 e. The largest absolute Gasteiger partial charge is 0.382 e. The van der Waals surface area contributed by atoms with Gasteiger partial charge in [-0.3, -0.25) is 0 Å². The third kappa shape index (κ3) is 2.46. The van der Waals surface area contributed by atoms with Crippen LogP contribution in [0.1, 0.15) is 32.6 Å². The second kappa shape index (κ2) is 5.27. The number of aromatic nitrogens is 1. The van der Waals surface area contributed by atoms with Gasteiger partial charge in [0.15, 0.2) is 5.82 Å². The van der Waals surface area contributed by atoms with Gasteiger partial charge in [-0.2, -0.15) is 4.37 Å². The molecule has 0 unspecified atom stereocenters. The molecule has 90 valence electrons. The molecule has 1 aliphatic rings. The zero-order valence-corrected chi connectivity index (χ0v) is 11.5. The van der Waals surface area contributed by atoms with Gasteiger partial charge in [0.25, 0.3) is 0 Å². The Morgan fingerprint density at radius 1 is 1.56 bits per heavy atom. The summed E-state index contributed by atoms with van der Waals surface area (Å²) in [6.45, 7) is 3.39. The predicted molar refractivity (Wildman–Crippen MR) is 73.6 cm³/mol. The normalized spacial score (nSPS) is 15.4. The summed E-state index contributed by atoms with van der Waals surface area (Å²) in [6.07, 6.45) is 7.23. The summed E-state index contributed by atoms with van der Waals surface area (Å²) in [4.78, 5) is 3.69. The van der Waals surface area contributed by atoms with Crippen LogP contribution in [0.25, 0.3) is 0 Å². The SMILES string of the molecule is CCCCN(c1snc(N)c1SC)C1CC1. The molecule has 0 radical (unpaired) electrons. The number of unbranched alkanes of at least 4 members (excludes halogenated alkanes) is 1. The van der Waals surface area contributed by atoms with Crippen molar-refractivity contribution in [1.82, 2.24) is 4.37 Å². The van der Waals surface area contributed by atoms with Crippen molar-refractivity contribution in [3.63, 3.8) is 0 Å². The summed E-state index contributed by atoms with van der Waals surface area (Å²) in [5.74, 6) is 0.703. The number of nitrogens with two attached hydrogens (primary N) is 1. The van der Waals surface area contributed by atoms with E-state index in [0.29, 0.717) is 5.82 Å². The monoisotopic (exact) mass is 257 g/mol. The summed E-state index contributed by atoms with van der Waals surface area (Å²) in [6, 6.07) is 0.747. The van der Waals surface area contributed by atoms with Crippen LogP contribution in [0.15, 0.2) is 4.90 Å². The fourth-order valence-corrected chi connectivity index (χ4v) is 3.60. The summed E-state index contributed by atoms with van der Waals surface area (Å²) < 4.78 is 4.28. The lowest BCUT2D eigenvalue weighted by atomic mass is 10.3. The van der Waals surface area contributed by atoms with Gasteiger partial charge in [0.05, 0.1) is 4.90 Å². The van der Waals surface area contributed by atoms with Gasteiger partial charge >= 0.3 is 0 Å². The number of nitrogen functional groups attached to an aromatic ring is 1. The first kappa shape index (κ1) is 12.0. The van der Waals surface area contributed by atoms with Crippen LogP contribution >= 0.6 is 23.3 Å². The van der Waals surface area contributed by atoms with E-state index in [2.05, 4.69) is 22.5 Å². The van der Waals surface area contributed by atoms with Crippen molar-refractivity contribution in [3.8, 4) is 0 Å². The summed E-state index contributed by atoms with van der Waals surface area (Å²) in [5.41, 5.74) is 5.89. The molecule has 5 heteroatoms. The number of anilines is 2. The Hall–Kier alpha value is -0.420. The number of rotatable bonds is 6. The number of thioether (sulfide) groups is 1. The molecule has 0 amide bonds. The predicted octanol–water partition coefficient (Wildman–Crippen LogP) is 3.22. The maximum absolute atomic E-state index is 5.89. The Kier molecular flexibility index (Phi) is 3.97. The summed E-state index contributed by atoms with van der Waals surface area (Å²) in [7, 11) is 0. The first-order valence-electron chi connectivity index (χ1n) is 5.83. The Bertz CT molecular complexity index is 347. The van der Waals surface area contributed by atoms with Crippen molar-refractivity contribution in [2.75, 3.05) is 23.4 Å². The van der Waals surface area contributed by atoms with Crippen LogP contribution < -0.4 is 10.6 Å². The highest BCUT2D eigenvalue weighted by Gasteiger charge is 2.31. The molecule has 1 saturated carbocycles. The average molecular weight is 257 g/mol. The van der Waals surface area contributed by atoms with Crippen LogP contribution in [0.2, 0.25) is 0 Å². The van der Waals surface area contributed by atoms with Gasteiger partial charge in [-0.05, 0) is 37.1 Å². The molecule has 0 aromatic carbocycles. The van der Waals surface area contributed by atoms with E-state index < -0.39 is 0 Å². The minimum atomic E-state index is 0.703. The van der Waals surface area contributed by atoms with Gasteiger partial charge in [0.2, 0.25) is 0 Å². The van der Waals surface area contributed by atoms with Crippen molar-refractivity contribution < 1.29 is 0 Å². The third-order valence-corrected chi connectivity index (χ3v) is 4.70. The lowest BCUT2D eigenvalue weighted by Crippen LogP contribution is -2.26. The minimum Gasteiger partial charge on any atom is -0.382 e. The zero-order valence-electron chi connectivity index (χ0n) is 9.90. The molecule has 0 aliphatic heterocycles. The van der Waals surface area contributed by atoms with E-state index in [1.165, 1.54) is 35.6 Å². The van der Waals surface area contributed by atoms with Crippen molar-refractivity contribution >= 4 is 34.1 Å². The molecule has 16 heavy (non-hydrogen) atoms. The van der Waals surface area contributed by atoms with Crippen molar-refractivity contribution in [3.05, 3.63) is 0 Å². The van der Waals surface area contributed by atoms with Crippen LogP contribution in [0.4, 0.5) is 10.8 Å². The number of hydrogen-bond donors (Lipinski definition) is 1. The maximum Gasteiger partial charge on any atom is 0.153 e. The van der Waals surface area contributed by atoms with Crippen LogP contribution in [-0.4, -0.2) is 23.2 Å². The van der Waals surface area contributed by atoms with E-state index in [1.54, 1.807) is 23.3 Å². The molecule has 3 nitrogen and oxygen atoms in total. The van der Waals surface area contributed by atoms with Crippen LogP contribution in [-0.2, 0) is 0 Å². The highest BCUT2D eigenvalue weighted by atomic mass is 32.2. The lowest BCUT2D eigenvalue weighted by Gasteiger charge is -2.23. The average Bonchev–Trinajstić information content (AvgIpc) is 3.04. The van der Waals surface area contributed by atoms with Gasteiger partial charge in [-0.25, -0.2) is 0 Å². The third-order valence-electron chi connectivity index (χ3n) is 2.86. The van der Waals surface area contributed by atoms with Crippen molar-refractivity contribution in [2.45, 2.75) is 43.5 Å². The molecule has 1 fully saturated rings. The van der Waals surface area contributed by atoms with Gasteiger partial charge in [-0.1, -0.05) is 13.3 Å². The van der Waals surface area contributed by atoms with E-state index >= 15 is 0 Å². The van der Waals surface area contributed by atoms with Crippen LogP contribution in [0, 0.1) is 0 Å². The zero-order chi connectivity index (χ0) is 11.5. The van der Waals surface area contributed by atoms with Crippen LogP contribution in [0.3, 0.4) is 0 Å². The minimum absolute atomic E-state index is 0.703. The Morgan fingerprint density at radius 3 is 2.88 bits per heavy atom. The number of nitrogens with zero attached hydrogens (tertiary/aromatic N) is 2. The molecule has 2 N–H and O–H groups in total. The summed E-state index contributed by atoms with van der Waals surface area (Å²) >= 11 is 3.27. The van der Waals surface area contributed by atoms with Crippen LogP contribution in [0.5, 0.6) is 0 Å². The molecule has 0 atom stereocenters. The fraction of sp³-hybridized carbons (Fsp3) is 0.727. The number of hydrogen-bond acceptors (Lipinski definition) is 5. The van der Waals surface area contributed by atoms with Crippen molar-refractivity contribution in [1.29, 1.82) is 0 Å². The molecule has 2 rings (SSSR count). The molecule has 1 aromatic rings. The highest BCUT2D eigenvalue weighted by molar-refractivity contribution is 7.99. The van der Waals surface area contributed by atoms with E-state index in [0.717, 1.165) is 12.6 Å². The lowest BCUT2D eigenvalue weighted by molar-refractivity contribution is 0.714. The Labute approximate surface area is 106 Å². The maximum atomic E-state index is 5.89. The quantitative estimate of drug-likeness (QED) is 0.795. The molecule has 0 spiro atoms. The molecule has 1 aliphatic carbocycles. The fourth-order valence-electron chi connectivity index (χ4n) is 1.82. The topological polar surface area (TPSA) is 42.2 Å². The molecule has 1 heterocycles. The van der Waals surface area contributed by atoms with E-state index in [4.69, 9.17) is 5.73 Å². The molecule has 0 saturated heterocycles. The first-order chi connectivity index (χ1) is 7.77. The second-order valence-electron chi connectivity index (χ2n) is 4.18. The van der Waals surface area contributed by atoms with Gasteiger partial charge in [0.1, 0.15) is 5.00 Å². The molecular weight excluding hydrogens is 238 g/mol. The second-order valence-corrected chi connectivity index (χ2v) is 5.75. The van der Waals surface area contributed by atoms with Crippen molar-refractivity contribution in [2.24, 2.45) is 0 Å². The first-order valence-corrected chi connectivity index (χ1v) is 7.83. The van der Waals surface area contributed by atoms with Gasteiger partial charge in [-0.15, -0.1) is 11.8 Å². The Morgan fingerprint density at radius 2 is 2.31 bits per heavy atom.